The van der Waals surface area contributed by atoms with E-state index in [1.165, 1.54) is 18.2 Å². The van der Waals surface area contributed by atoms with Crippen molar-refractivity contribution in [1.82, 2.24) is 5.32 Å². The van der Waals surface area contributed by atoms with E-state index in [1.54, 1.807) is 37.3 Å². The first kappa shape index (κ1) is 14.6. The number of aromatic hydroxyl groups is 1. The summed E-state index contributed by atoms with van der Waals surface area (Å²) in [6.45, 7) is 1.68. The molecule has 2 aromatic carbocycles. The fourth-order valence-electron chi connectivity index (χ4n) is 2.06. The molecule has 5 nitrogen and oxygen atoms in total. The topological polar surface area (TPSA) is 86.6 Å². The van der Waals surface area contributed by atoms with Crippen LogP contribution in [0.1, 0.15) is 27.5 Å². The number of phenols is 1. The van der Waals surface area contributed by atoms with Crippen LogP contribution in [0.3, 0.4) is 0 Å². The normalized spacial score (nSPS) is 11.7. The lowest BCUT2D eigenvalue weighted by Gasteiger charge is -2.17. The quantitative estimate of drug-likeness (QED) is 0.804. The first-order valence-corrected chi connectivity index (χ1v) is 6.37. The van der Waals surface area contributed by atoms with Crippen LogP contribution in [0.2, 0.25) is 0 Å². The molecule has 0 saturated carbocycles. The molecule has 1 atom stereocenters. The number of carbonyl (C=O) groups is 2. The first-order chi connectivity index (χ1) is 9.99. The minimum atomic E-state index is -1.17. The van der Waals surface area contributed by atoms with Gasteiger partial charge in [-0.25, -0.2) is 4.79 Å². The molecule has 1 unspecified atom stereocenters. The smallest absolute Gasteiger partial charge is 0.330 e. The molecule has 2 aromatic rings. The average molecular weight is 285 g/mol. The van der Waals surface area contributed by atoms with E-state index in [1.807, 2.05) is 0 Å². The van der Waals surface area contributed by atoms with Gasteiger partial charge in [-0.3, -0.25) is 4.79 Å². The Bertz CT molecular complexity index is 667. The van der Waals surface area contributed by atoms with E-state index in [2.05, 4.69) is 5.32 Å². The van der Waals surface area contributed by atoms with E-state index >= 15 is 0 Å². The summed E-state index contributed by atoms with van der Waals surface area (Å²) < 4.78 is 0. The highest BCUT2D eigenvalue weighted by Crippen LogP contribution is 2.22. The van der Waals surface area contributed by atoms with E-state index in [0.29, 0.717) is 16.7 Å². The van der Waals surface area contributed by atoms with Gasteiger partial charge < -0.3 is 15.5 Å². The maximum atomic E-state index is 12.1. The molecule has 0 aliphatic carbocycles. The van der Waals surface area contributed by atoms with E-state index in [4.69, 9.17) is 0 Å². The molecule has 0 fully saturated rings. The molecule has 0 bridgehead atoms. The van der Waals surface area contributed by atoms with Gasteiger partial charge in [0.2, 0.25) is 0 Å². The predicted molar refractivity (Wildman–Crippen MR) is 77.1 cm³/mol. The summed E-state index contributed by atoms with van der Waals surface area (Å²) in [7, 11) is 0. The van der Waals surface area contributed by atoms with Crippen molar-refractivity contribution >= 4 is 11.9 Å². The van der Waals surface area contributed by atoms with Crippen LogP contribution in [0.4, 0.5) is 0 Å². The van der Waals surface area contributed by atoms with Gasteiger partial charge in [0.25, 0.3) is 5.91 Å². The number of aliphatic carboxylic acids is 1. The van der Waals surface area contributed by atoms with E-state index in [-0.39, 0.29) is 5.75 Å². The van der Waals surface area contributed by atoms with Gasteiger partial charge in [-0.15, -0.1) is 0 Å². The van der Waals surface area contributed by atoms with Crippen molar-refractivity contribution in [3.63, 3.8) is 0 Å². The number of carboxylic acid groups (broad SMARTS) is 1. The van der Waals surface area contributed by atoms with E-state index in [9.17, 15) is 19.8 Å². The summed E-state index contributed by atoms with van der Waals surface area (Å²) in [4.78, 5) is 23.5. The lowest BCUT2D eigenvalue weighted by Crippen LogP contribution is -2.34. The zero-order valence-corrected chi connectivity index (χ0v) is 11.4. The van der Waals surface area contributed by atoms with Crippen LogP contribution in [-0.4, -0.2) is 22.1 Å². The van der Waals surface area contributed by atoms with Crippen LogP contribution in [0.15, 0.2) is 48.5 Å². The zero-order valence-electron chi connectivity index (χ0n) is 11.4. The molecule has 21 heavy (non-hydrogen) atoms. The number of rotatable bonds is 4. The summed E-state index contributed by atoms with van der Waals surface area (Å²) in [5.41, 5.74) is 1.42. The highest BCUT2D eigenvalue weighted by molar-refractivity contribution is 5.96. The lowest BCUT2D eigenvalue weighted by atomic mass is 10.0. The molecule has 1 amide bonds. The maximum Gasteiger partial charge on any atom is 0.330 e. The van der Waals surface area contributed by atoms with Crippen LogP contribution < -0.4 is 5.32 Å². The van der Waals surface area contributed by atoms with Gasteiger partial charge in [-0.2, -0.15) is 0 Å². The monoisotopic (exact) mass is 285 g/mol. The number of phenolic OH excluding ortho intramolecular Hbond substituents is 1. The SMILES string of the molecule is Cc1cc(O)ccc1C(NC(=O)c1ccccc1)C(=O)O. The minimum Gasteiger partial charge on any atom is -0.508 e. The average Bonchev–Trinajstić information content (AvgIpc) is 2.46. The van der Waals surface area contributed by atoms with Crippen molar-refractivity contribution < 1.29 is 19.8 Å². The number of aryl methyl sites for hydroxylation is 1. The molecule has 108 valence electrons. The molecule has 0 aliphatic rings. The van der Waals surface area contributed by atoms with Crippen molar-refractivity contribution in [1.29, 1.82) is 0 Å². The number of carboxylic acids is 1. The summed E-state index contributed by atoms with van der Waals surface area (Å²) in [6, 6.07) is 11.6. The van der Waals surface area contributed by atoms with Crippen LogP contribution in [0.25, 0.3) is 0 Å². The Morgan fingerprint density at radius 3 is 2.33 bits per heavy atom. The van der Waals surface area contributed by atoms with Gasteiger partial charge in [0.05, 0.1) is 0 Å². The number of amides is 1. The third kappa shape index (κ3) is 3.39. The molecule has 2 rings (SSSR count). The Labute approximate surface area is 121 Å². The number of carbonyl (C=O) groups excluding carboxylic acids is 1. The van der Waals surface area contributed by atoms with Crippen molar-refractivity contribution in [3.8, 4) is 5.75 Å². The summed E-state index contributed by atoms with van der Waals surface area (Å²) in [5, 5.41) is 21.2. The van der Waals surface area contributed by atoms with Crippen LogP contribution in [-0.2, 0) is 4.79 Å². The minimum absolute atomic E-state index is 0.0507. The number of benzene rings is 2. The molecular formula is C16H15NO4. The Morgan fingerprint density at radius 2 is 1.76 bits per heavy atom. The summed E-state index contributed by atoms with van der Waals surface area (Å²) >= 11 is 0. The summed E-state index contributed by atoms with van der Waals surface area (Å²) in [5.74, 6) is -1.57. The Morgan fingerprint density at radius 1 is 1.10 bits per heavy atom. The molecule has 0 saturated heterocycles. The van der Waals surface area contributed by atoms with Gasteiger partial charge in [0, 0.05) is 5.56 Å². The molecule has 0 aromatic heterocycles. The molecule has 0 heterocycles. The molecule has 3 N–H and O–H groups in total. The van der Waals surface area contributed by atoms with Gasteiger partial charge >= 0.3 is 5.97 Å². The van der Waals surface area contributed by atoms with Crippen LogP contribution >= 0.6 is 0 Å². The predicted octanol–water partition coefficient (Wildman–Crippen LogP) is 2.26. The van der Waals surface area contributed by atoms with Crippen molar-refractivity contribution in [3.05, 3.63) is 65.2 Å². The van der Waals surface area contributed by atoms with Gasteiger partial charge in [0.1, 0.15) is 5.75 Å². The Kier molecular flexibility index (Phi) is 4.23. The maximum absolute atomic E-state index is 12.1. The first-order valence-electron chi connectivity index (χ1n) is 6.37. The highest BCUT2D eigenvalue weighted by atomic mass is 16.4. The fourth-order valence-corrected chi connectivity index (χ4v) is 2.06. The Hall–Kier alpha value is -2.82. The van der Waals surface area contributed by atoms with Gasteiger partial charge in [-0.05, 0) is 42.3 Å². The Balaban J connectivity index is 2.28. The van der Waals surface area contributed by atoms with Crippen LogP contribution in [0.5, 0.6) is 5.75 Å². The second-order valence-electron chi connectivity index (χ2n) is 4.65. The summed E-state index contributed by atoms with van der Waals surface area (Å²) in [6.07, 6.45) is 0. The largest absolute Gasteiger partial charge is 0.508 e. The molecule has 0 spiro atoms. The van der Waals surface area contributed by atoms with Crippen LogP contribution in [0, 0.1) is 6.92 Å². The molecule has 0 aliphatic heterocycles. The highest BCUT2D eigenvalue weighted by Gasteiger charge is 2.24. The third-order valence-corrected chi connectivity index (χ3v) is 3.12. The zero-order chi connectivity index (χ0) is 15.4. The molecule has 0 radical (unpaired) electrons. The second kappa shape index (κ2) is 6.09. The second-order valence-corrected chi connectivity index (χ2v) is 4.65. The van der Waals surface area contributed by atoms with E-state index < -0.39 is 17.9 Å². The molecule has 5 heteroatoms. The lowest BCUT2D eigenvalue weighted by molar-refractivity contribution is -0.139. The third-order valence-electron chi connectivity index (χ3n) is 3.12. The van der Waals surface area contributed by atoms with Gasteiger partial charge in [0.15, 0.2) is 6.04 Å². The standard InChI is InChI=1S/C16H15NO4/c1-10-9-12(18)7-8-13(10)14(16(20)21)17-15(19)11-5-3-2-4-6-11/h2-9,14,18H,1H3,(H,17,19)(H,20,21). The number of hydrogen-bond acceptors (Lipinski definition) is 3. The fraction of sp³-hybridized carbons (Fsp3) is 0.125. The number of hydrogen-bond donors (Lipinski definition) is 3. The van der Waals surface area contributed by atoms with Crippen molar-refractivity contribution in [2.75, 3.05) is 0 Å². The van der Waals surface area contributed by atoms with Crippen molar-refractivity contribution in [2.24, 2.45) is 0 Å². The molecular weight excluding hydrogens is 270 g/mol. The van der Waals surface area contributed by atoms with E-state index in [0.717, 1.165) is 0 Å². The van der Waals surface area contributed by atoms with Gasteiger partial charge in [-0.1, -0.05) is 24.3 Å². The van der Waals surface area contributed by atoms with Crippen molar-refractivity contribution in [2.45, 2.75) is 13.0 Å². The number of nitrogens with one attached hydrogen (secondary N) is 1.